The highest BCUT2D eigenvalue weighted by atomic mass is 35.5. The highest BCUT2D eigenvalue weighted by Gasteiger charge is 2.30. The Morgan fingerprint density at radius 1 is 1.14 bits per heavy atom. The highest BCUT2D eigenvalue weighted by Crippen LogP contribution is 2.35. The Labute approximate surface area is 212 Å². The van der Waals surface area contributed by atoms with Gasteiger partial charge in [0.05, 0.1) is 15.5 Å². The van der Waals surface area contributed by atoms with Crippen molar-refractivity contribution in [1.29, 1.82) is 5.26 Å². The molecule has 0 spiro atoms. The number of nitriles is 1. The first-order valence-corrected chi connectivity index (χ1v) is 10.7. The standard InChI is InChI=1S/C24H14Cl2F3N3O4/c25-18-9-15(22(21(26)11-18)36-13-14-4-6-20(7-5-14)32(34)35)8-16(12-30)23(33)31-19-3-1-2-17(10-19)24(27,28)29/h1-11H,13H2,(H,31,33)/b16-8+. The number of alkyl halides is 3. The first-order chi connectivity index (χ1) is 17.0. The van der Waals surface area contributed by atoms with Crippen molar-refractivity contribution < 1.29 is 27.6 Å². The molecule has 0 aliphatic rings. The molecule has 0 aromatic heterocycles. The molecule has 0 aliphatic carbocycles. The lowest BCUT2D eigenvalue weighted by Gasteiger charge is -2.13. The molecule has 3 aromatic carbocycles. The van der Waals surface area contributed by atoms with Crippen LogP contribution in [0.2, 0.25) is 10.0 Å². The SMILES string of the molecule is N#C/C(=C\c1cc(Cl)cc(Cl)c1OCc1ccc([N+](=O)[O-])cc1)C(=O)Nc1cccc(C(F)(F)F)c1. The van der Waals surface area contributed by atoms with Crippen LogP contribution in [-0.4, -0.2) is 10.8 Å². The summed E-state index contributed by atoms with van der Waals surface area (Å²) in [4.78, 5) is 22.9. The van der Waals surface area contributed by atoms with Crippen LogP contribution in [0.15, 0.2) is 66.2 Å². The third kappa shape index (κ3) is 6.75. The Morgan fingerprint density at radius 3 is 2.44 bits per heavy atom. The topological polar surface area (TPSA) is 105 Å². The minimum absolute atomic E-state index is 0.0570. The normalized spacial score (nSPS) is 11.5. The largest absolute Gasteiger partial charge is 0.487 e. The monoisotopic (exact) mass is 535 g/mol. The van der Waals surface area contributed by atoms with Gasteiger partial charge in [-0.1, -0.05) is 29.3 Å². The number of halogens is 5. The van der Waals surface area contributed by atoms with Crippen molar-refractivity contribution in [3.05, 3.63) is 103 Å². The summed E-state index contributed by atoms with van der Waals surface area (Å²) in [6, 6.07) is 14.0. The predicted molar refractivity (Wildman–Crippen MR) is 128 cm³/mol. The van der Waals surface area contributed by atoms with E-state index in [2.05, 4.69) is 5.32 Å². The highest BCUT2D eigenvalue weighted by molar-refractivity contribution is 6.36. The van der Waals surface area contributed by atoms with Crippen molar-refractivity contribution >= 4 is 46.6 Å². The van der Waals surface area contributed by atoms with E-state index < -0.39 is 28.1 Å². The van der Waals surface area contributed by atoms with Gasteiger partial charge in [0, 0.05) is 28.4 Å². The molecule has 12 heteroatoms. The Kier molecular flexibility index (Phi) is 8.19. The number of nitro benzene ring substituents is 1. The average molecular weight is 536 g/mol. The first kappa shape index (κ1) is 26.5. The molecule has 0 saturated carbocycles. The van der Waals surface area contributed by atoms with Crippen molar-refractivity contribution in [2.45, 2.75) is 12.8 Å². The number of ether oxygens (including phenoxy) is 1. The lowest BCUT2D eigenvalue weighted by Crippen LogP contribution is -2.14. The van der Waals surface area contributed by atoms with Crippen molar-refractivity contribution in [1.82, 2.24) is 0 Å². The van der Waals surface area contributed by atoms with Crippen LogP contribution in [0.5, 0.6) is 5.75 Å². The van der Waals surface area contributed by atoms with Gasteiger partial charge in [-0.25, -0.2) is 0 Å². The van der Waals surface area contributed by atoms with Crippen molar-refractivity contribution in [3.8, 4) is 11.8 Å². The molecule has 0 heterocycles. The van der Waals surface area contributed by atoms with Crippen LogP contribution in [-0.2, 0) is 17.6 Å². The van der Waals surface area contributed by atoms with Gasteiger partial charge < -0.3 is 10.1 Å². The van der Waals surface area contributed by atoms with Crippen LogP contribution in [0.1, 0.15) is 16.7 Å². The van der Waals surface area contributed by atoms with Gasteiger partial charge in [-0.15, -0.1) is 0 Å². The number of non-ortho nitro benzene ring substituents is 1. The third-order valence-electron chi connectivity index (χ3n) is 4.68. The summed E-state index contributed by atoms with van der Waals surface area (Å²) in [7, 11) is 0. The number of nitrogens with one attached hydrogen (secondary N) is 1. The number of nitrogens with zero attached hydrogens (tertiary/aromatic N) is 2. The zero-order chi connectivity index (χ0) is 26.5. The zero-order valence-electron chi connectivity index (χ0n) is 18.0. The Hall–Kier alpha value is -4.07. The molecule has 0 bridgehead atoms. The second kappa shape index (κ2) is 11.1. The first-order valence-electron chi connectivity index (χ1n) is 9.93. The summed E-state index contributed by atoms with van der Waals surface area (Å²) >= 11 is 12.3. The number of hydrogen-bond acceptors (Lipinski definition) is 5. The number of nitro groups is 1. The van der Waals surface area contributed by atoms with Gasteiger partial charge in [0.1, 0.15) is 24.0 Å². The fourth-order valence-electron chi connectivity index (χ4n) is 2.98. The zero-order valence-corrected chi connectivity index (χ0v) is 19.5. The number of carbonyl (C=O) groups excluding carboxylic acids is 1. The molecule has 0 saturated heterocycles. The van der Waals surface area contributed by atoms with Crippen LogP contribution in [0.4, 0.5) is 24.5 Å². The molecule has 36 heavy (non-hydrogen) atoms. The molecule has 3 rings (SSSR count). The smallest absolute Gasteiger partial charge is 0.416 e. The second-order valence-electron chi connectivity index (χ2n) is 7.22. The number of rotatable bonds is 7. The number of carbonyl (C=O) groups is 1. The number of benzene rings is 3. The summed E-state index contributed by atoms with van der Waals surface area (Å²) in [5, 5.41) is 22.8. The molecular weight excluding hydrogens is 522 g/mol. The number of amides is 1. The van der Waals surface area contributed by atoms with E-state index in [1.807, 2.05) is 0 Å². The molecule has 184 valence electrons. The van der Waals surface area contributed by atoms with Crippen LogP contribution in [0.25, 0.3) is 6.08 Å². The van der Waals surface area contributed by atoms with E-state index in [4.69, 9.17) is 27.9 Å². The Balaban J connectivity index is 1.86. The van der Waals surface area contributed by atoms with Crippen LogP contribution < -0.4 is 10.1 Å². The van der Waals surface area contributed by atoms with Crippen LogP contribution in [0.3, 0.4) is 0 Å². The Morgan fingerprint density at radius 2 is 1.83 bits per heavy atom. The molecule has 0 radical (unpaired) electrons. The minimum Gasteiger partial charge on any atom is -0.487 e. The lowest BCUT2D eigenvalue weighted by molar-refractivity contribution is -0.384. The molecule has 7 nitrogen and oxygen atoms in total. The summed E-state index contributed by atoms with van der Waals surface area (Å²) in [6.45, 7) is -0.0570. The number of anilines is 1. The van der Waals surface area contributed by atoms with Gasteiger partial charge >= 0.3 is 6.18 Å². The molecule has 1 amide bonds. The van der Waals surface area contributed by atoms with Gasteiger partial charge in [0.25, 0.3) is 11.6 Å². The van der Waals surface area contributed by atoms with E-state index in [9.17, 15) is 33.3 Å². The molecule has 0 atom stereocenters. The molecule has 0 fully saturated rings. The van der Waals surface area contributed by atoms with E-state index in [0.717, 1.165) is 24.3 Å². The second-order valence-corrected chi connectivity index (χ2v) is 8.06. The van der Waals surface area contributed by atoms with Crippen molar-refractivity contribution in [3.63, 3.8) is 0 Å². The van der Waals surface area contributed by atoms with Gasteiger partial charge in [0.2, 0.25) is 0 Å². The van der Waals surface area contributed by atoms with E-state index in [0.29, 0.717) is 5.56 Å². The average Bonchev–Trinajstić information content (AvgIpc) is 2.81. The fourth-order valence-corrected chi connectivity index (χ4v) is 3.55. The van der Waals surface area contributed by atoms with Crippen molar-refractivity contribution in [2.24, 2.45) is 0 Å². The summed E-state index contributed by atoms with van der Waals surface area (Å²) in [5.74, 6) is -0.895. The lowest BCUT2D eigenvalue weighted by atomic mass is 10.1. The predicted octanol–water partition coefficient (Wildman–Crippen LogP) is 7.05. The number of hydrogen-bond donors (Lipinski definition) is 1. The maximum atomic E-state index is 12.9. The fraction of sp³-hybridized carbons (Fsp3) is 0.0833. The molecule has 0 unspecified atom stereocenters. The van der Waals surface area contributed by atoms with Crippen molar-refractivity contribution in [2.75, 3.05) is 5.32 Å². The maximum Gasteiger partial charge on any atom is 0.416 e. The van der Waals surface area contributed by atoms with E-state index in [-0.39, 0.29) is 39.3 Å². The van der Waals surface area contributed by atoms with Crippen LogP contribution >= 0.6 is 23.2 Å². The quantitative estimate of drug-likeness (QED) is 0.151. The summed E-state index contributed by atoms with van der Waals surface area (Å²) < 4.78 is 44.6. The van der Waals surface area contributed by atoms with Gasteiger partial charge in [-0.2, -0.15) is 18.4 Å². The minimum atomic E-state index is -4.61. The van der Waals surface area contributed by atoms with E-state index in [1.54, 1.807) is 6.07 Å². The van der Waals surface area contributed by atoms with Gasteiger partial charge in [0.15, 0.2) is 0 Å². The van der Waals surface area contributed by atoms with Gasteiger partial charge in [-0.05, 0) is 54.1 Å². The summed E-state index contributed by atoms with van der Waals surface area (Å²) in [5.41, 5.74) is -0.946. The summed E-state index contributed by atoms with van der Waals surface area (Å²) in [6.07, 6.45) is -3.48. The van der Waals surface area contributed by atoms with Crippen LogP contribution in [0, 0.1) is 21.4 Å². The molecule has 0 aliphatic heterocycles. The van der Waals surface area contributed by atoms with E-state index >= 15 is 0 Å². The van der Waals surface area contributed by atoms with E-state index in [1.165, 1.54) is 42.5 Å². The Bertz CT molecular complexity index is 1380. The molecule has 3 aromatic rings. The maximum absolute atomic E-state index is 12.9. The molecular formula is C24H14Cl2F3N3O4. The van der Waals surface area contributed by atoms with Gasteiger partial charge in [-0.3, -0.25) is 14.9 Å². The third-order valence-corrected chi connectivity index (χ3v) is 5.18. The molecule has 1 N–H and O–H groups in total.